The van der Waals surface area contributed by atoms with E-state index >= 15 is 0 Å². The molecule has 2 heterocycles. The number of alkyl carbamates (subject to hydrolysis) is 1. The lowest BCUT2D eigenvalue weighted by Crippen LogP contribution is -2.54. The number of rotatable bonds is 17. The fraction of sp³-hybridized carbons (Fsp3) is 0.410. The highest BCUT2D eigenvalue weighted by Gasteiger charge is 2.28. The topological polar surface area (TPSA) is 126 Å². The van der Waals surface area contributed by atoms with Gasteiger partial charge in [0.1, 0.15) is 12.6 Å². The van der Waals surface area contributed by atoms with E-state index < -0.39 is 12.1 Å². The molecule has 0 aliphatic rings. The molecule has 2 aromatic heterocycles. The zero-order valence-electron chi connectivity index (χ0n) is 29.7. The first-order valence-electron chi connectivity index (χ1n) is 17.2. The molecule has 0 unspecified atom stereocenters. The number of pyridine rings is 1. The van der Waals surface area contributed by atoms with E-state index in [0.717, 1.165) is 27.4 Å². The number of nitrogens with zero attached hydrogens (tertiary/aromatic N) is 3. The number of ether oxygens (including phenoxy) is 1. The molecule has 0 aliphatic carbocycles. The Balaban J connectivity index is 1.43. The minimum atomic E-state index is -0.745. The van der Waals surface area contributed by atoms with Gasteiger partial charge in [0, 0.05) is 48.4 Å². The SMILES string of the molecule is CC(C)c1nc(CN(C)C(=O)N[C@@H](C(=O)N[C@@H](CC[C@H](Cc2ccccc2)NC(=O)OCc2cccnc2)Cc2ccccc2)C(C)C)cs1. The van der Waals surface area contributed by atoms with Crippen molar-refractivity contribution < 1.29 is 19.1 Å². The van der Waals surface area contributed by atoms with Gasteiger partial charge in [0.05, 0.1) is 17.2 Å². The quantitative estimate of drug-likeness (QED) is 0.111. The maximum atomic E-state index is 13.9. The number of thiazole rings is 1. The van der Waals surface area contributed by atoms with Crippen LogP contribution in [0, 0.1) is 5.92 Å². The van der Waals surface area contributed by atoms with E-state index in [1.54, 1.807) is 41.7 Å². The Morgan fingerprint density at radius 3 is 1.94 bits per heavy atom. The molecule has 0 radical (unpaired) electrons. The van der Waals surface area contributed by atoms with Gasteiger partial charge >= 0.3 is 12.1 Å². The molecule has 0 fully saturated rings. The number of urea groups is 1. The lowest BCUT2D eigenvalue weighted by molar-refractivity contribution is -0.124. The third-order valence-electron chi connectivity index (χ3n) is 8.31. The average Bonchev–Trinajstić information content (AvgIpc) is 3.58. The van der Waals surface area contributed by atoms with Gasteiger partial charge in [-0.05, 0) is 48.8 Å². The van der Waals surface area contributed by atoms with E-state index in [9.17, 15) is 14.4 Å². The Kier molecular flexibility index (Phi) is 14.8. The van der Waals surface area contributed by atoms with Crippen LogP contribution < -0.4 is 16.0 Å². The molecule has 0 saturated heterocycles. The summed E-state index contributed by atoms with van der Waals surface area (Å²) in [7, 11) is 1.71. The van der Waals surface area contributed by atoms with E-state index in [4.69, 9.17) is 4.74 Å². The van der Waals surface area contributed by atoms with Crippen LogP contribution >= 0.6 is 11.3 Å². The smallest absolute Gasteiger partial charge is 0.407 e. The van der Waals surface area contributed by atoms with Gasteiger partial charge in [-0.15, -0.1) is 11.3 Å². The van der Waals surface area contributed by atoms with E-state index in [1.165, 1.54) is 0 Å². The predicted octanol–water partition coefficient (Wildman–Crippen LogP) is 6.87. The maximum absolute atomic E-state index is 13.9. The van der Waals surface area contributed by atoms with Crippen LogP contribution in [0.3, 0.4) is 0 Å². The fourth-order valence-corrected chi connectivity index (χ4v) is 6.36. The molecule has 3 atom stereocenters. The molecular weight excluding hydrogens is 649 g/mol. The van der Waals surface area contributed by atoms with Gasteiger partial charge in [-0.2, -0.15) is 0 Å². The van der Waals surface area contributed by atoms with Crippen LogP contribution in [0.5, 0.6) is 0 Å². The van der Waals surface area contributed by atoms with E-state index in [-0.39, 0.29) is 36.5 Å². The Morgan fingerprint density at radius 2 is 1.40 bits per heavy atom. The molecular formula is C39H50N6O4S. The highest BCUT2D eigenvalue weighted by molar-refractivity contribution is 7.09. The van der Waals surface area contributed by atoms with Crippen LogP contribution in [-0.4, -0.2) is 58.1 Å². The van der Waals surface area contributed by atoms with Crippen LogP contribution in [0.15, 0.2) is 90.6 Å². The fourth-order valence-electron chi connectivity index (χ4n) is 5.54. The summed E-state index contributed by atoms with van der Waals surface area (Å²) in [5.41, 5.74) is 3.78. The van der Waals surface area contributed by atoms with E-state index in [0.29, 0.717) is 38.1 Å². The molecule has 3 N–H and O–H groups in total. The van der Waals surface area contributed by atoms with Gasteiger partial charge in [-0.3, -0.25) is 9.78 Å². The highest BCUT2D eigenvalue weighted by atomic mass is 32.1. The molecule has 2 aromatic carbocycles. The number of carbonyl (C=O) groups excluding carboxylic acids is 3. The van der Waals surface area contributed by atoms with Gasteiger partial charge in [0.2, 0.25) is 5.91 Å². The first-order chi connectivity index (χ1) is 24.1. The van der Waals surface area contributed by atoms with Gasteiger partial charge in [-0.1, -0.05) is 94.4 Å². The molecule has 50 heavy (non-hydrogen) atoms. The normalized spacial score (nSPS) is 12.9. The van der Waals surface area contributed by atoms with Crippen LogP contribution in [0.1, 0.15) is 73.8 Å². The zero-order chi connectivity index (χ0) is 35.9. The summed E-state index contributed by atoms with van der Waals surface area (Å²) in [6.45, 7) is 8.49. The molecule has 266 valence electrons. The zero-order valence-corrected chi connectivity index (χ0v) is 30.5. The van der Waals surface area contributed by atoms with Gasteiger partial charge in [0.15, 0.2) is 0 Å². The summed E-state index contributed by atoms with van der Waals surface area (Å²) in [5.74, 6) is -0.0816. The minimum Gasteiger partial charge on any atom is -0.445 e. The molecule has 0 saturated carbocycles. The van der Waals surface area contributed by atoms with Gasteiger partial charge < -0.3 is 25.6 Å². The van der Waals surface area contributed by atoms with Gasteiger partial charge in [-0.25, -0.2) is 14.6 Å². The average molecular weight is 699 g/mol. The predicted molar refractivity (Wildman–Crippen MR) is 198 cm³/mol. The largest absolute Gasteiger partial charge is 0.445 e. The van der Waals surface area contributed by atoms with Crippen LogP contribution in [-0.2, 0) is 35.5 Å². The van der Waals surface area contributed by atoms with Crippen molar-refractivity contribution in [2.45, 2.75) is 90.6 Å². The van der Waals surface area contributed by atoms with Crippen LogP contribution in [0.2, 0.25) is 0 Å². The first-order valence-corrected chi connectivity index (χ1v) is 18.1. The van der Waals surface area contributed by atoms with Crippen molar-refractivity contribution in [2.75, 3.05) is 7.05 Å². The third kappa shape index (κ3) is 12.6. The number of aromatic nitrogens is 2. The molecule has 0 spiro atoms. The Hall–Kier alpha value is -4.77. The molecule has 0 bridgehead atoms. The molecule has 4 rings (SSSR count). The van der Waals surface area contributed by atoms with Crippen molar-refractivity contribution in [3.05, 3.63) is 118 Å². The number of hydrogen-bond donors (Lipinski definition) is 3. The minimum absolute atomic E-state index is 0.116. The van der Waals surface area contributed by atoms with Crippen molar-refractivity contribution >= 4 is 29.4 Å². The van der Waals surface area contributed by atoms with Crippen molar-refractivity contribution in [3.63, 3.8) is 0 Å². The van der Waals surface area contributed by atoms with Crippen molar-refractivity contribution in [3.8, 4) is 0 Å². The highest BCUT2D eigenvalue weighted by Crippen LogP contribution is 2.20. The molecule has 11 heteroatoms. The van der Waals surface area contributed by atoms with Gasteiger partial charge in [0.25, 0.3) is 0 Å². The van der Waals surface area contributed by atoms with E-state index in [1.807, 2.05) is 86.0 Å². The summed E-state index contributed by atoms with van der Waals surface area (Å²) in [6.07, 6.45) is 5.19. The molecule has 0 aliphatic heterocycles. The van der Waals surface area contributed by atoms with Crippen LogP contribution in [0.25, 0.3) is 0 Å². The summed E-state index contributed by atoms with van der Waals surface area (Å²) in [5, 5.41) is 12.3. The Labute approximate surface area is 300 Å². The number of benzene rings is 2. The second kappa shape index (κ2) is 19.4. The molecule has 4 aromatic rings. The number of nitrogens with one attached hydrogen (secondary N) is 3. The maximum Gasteiger partial charge on any atom is 0.407 e. The first kappa shape index (κ1) is 38.0. The second-order valence-corrected chi connectivity index (χ2v) is 14.2. The van der Waals surface area contributed by atoms with Crippen LogP contribution in [0.4, 0.5) is 9.59 Å². The number of hydrogen-bond acceptors (Lipinski definition) is 7. The number of amides is 4. The molecule has 4 amide bonds. The molecule has 10 nitrogen and oxygen atoms in total. The van der Waals surface area contributed by atoms with Crippen molar-refractivity contribution in [1.82, 2.24) is 30.8 Å². The summed E-state index contributed by atoms with van der Waals surface area (Å²) in [6, 6.07) is 22.0. The Bertz CT molecular complexity index is 1620. The monoisotopic (exact) mass is 698 g/mol. The Morgan fingerprint density at radius 1 is 0.800 bits per heavy atom. The summed E-state index contributed by atoms with van der Waals surface area (Å²) < 4.78 is 5.52. The third-order valence-corrected chi connectivity index (χ3v) is 9.51. The summed E-state index contributed by atoms with van der Waals surface area (Å²) in [4.78, 5) is 50.3. The number of carbonyl (C=O) groups is 3. The second-order valence-electron chi connectivity index (χ2n) is 13.3. The van der Waals surface area contributed by atoms with Crippen molar-refractivity contribution in [2.24, 2.45) is 5.92 Å². The van der Waals surface area contributed by atoms with Crippen molar-refractivity contribution in [1.29, 1.82) is 0 Å². The lowest BCUT2D eigenvalue weighted by Gasteiger charge is -2.28. The lowest BCUT2D eigenvalue weighted by atomic mass is 9.95. The van der Waals surface area contributed by atoms with E-state index in [2.05, 4.69) is 39.8 Å². The summed E-state index contributed by atoms with van der Waals surface area (Å²) >= 11 is 1.59. The standard InChI is InChI=1S/C39H50N6O4S/c1-27(2)35(44-38(47)45(5)24-34-26-50-37(42-34)28(3)4)36(46)41-32(21-29-13-8-6-9-14-29)18-19-33(22-30-15-10-7-11-16-30)43-39(48)49-25-31-17-12-20-40-23-31/h6-17,20,23,26-28,32-33,35H,18-19,21-22,24-25H2,1-5H3,(H,41,46)(H,43,48)(H,44,47)/t32-,33+,35+/m0/s1.